The van der Waals surface area contributed by atoms with E-state index in [1.807, 2.05) is 0 Å². The van der Waals surface area contributed by atoms with Gasteiger partial charge >= 0.3 is 11.7 Å². The number of carboxylic acids is 1. The van der Waals surface area contributed by atoms with Crippen molar-refractivity contribution in [1.82, 2.24) is 15.3 Å². The van der Waals surface area contributed by atoms with Crippen LogP contribution in [0.15, 0.2) is 53.5 Å². The monoisotopic (exact) mass is 500 g/mol. The van der Waals surface area contributed by atoms with Crippen molar-refractivity contribution in [2.24, 2.45) is 0 Å². The van der Waals surface area contributed by atoms with Gasteiger partial charge in [0.2, 0.25) is 0 Å². The van der Waals surface area contributed by atoms with Crippen LogP contribution in [0.3, 0.4) is 0 Å². The molecular weight excluding hydrogens is 480 g/mol. The molecule has 1 aromatic heterocycles. The zero-order valence-corrected chi connectivity index (χ0v) is 19.4. The molecule has 0 saturated carbocycles. The van der Waals surface area contributed by atoms with Gasteiger partial charge in [0.05, 0.1) is 24.8 Å². The van der Waals surface area contributed by atoms with Gasteiger partial charge in [0.15, 0.2) is 0 Å². The lowest BCUT2D eigenvalue weighted by atomic mass is 10.1. The van der Waals surface area contributed by atoms with Gasteiger partial charge in [-0.05, 0) is 24.3 Å². The molecule has 12 heteroatoms. The quantitative estimate of drug-likeness (QED) is 0.347. The number of aromatic amines is 1. The highest BCUT2D eigenvalue weighted by atomic mass is 35.5. The summed E-state index contributed by atoms with van der Waals surface area (Å²) in [5.74, 6) is -2.52. The van der Waals surface area contributed by atoms with Gasteiger partial charge in [-0.25, -0.2) is 9.59 Å². The molecule has 1 unspecified atom stereocenters. The number of anilines is 1. The van der Waals surface area contributed by atoms with Crippen LogP contribution in [-0.4, -0.2) is 53.1 Å². The number of nitrogens with zero attached hydrogens (tertiary/aromatic N) is 1. The molecule has 182 valence electrons. The Kier molecular flexibility index (Phi) is 8.05. The number of halogens is 1. The molecule has 2 aromatic carbocycles. The predicted molar refractivity (Wildman–Crippen MR) is 126 cm³/mol. The van der Waals surface area contributed by atoms with Gasteiger partial charge in [0.1, 0.15) is 28.9 Å². The molecule has 1 atom stereocenters. The van der Waals surface area contributed by atoms with E-state index >= 15 is 0 Å². The van der Waals surface area contributed by atoms with Crippen molar-refractivity contribution in [1.29, 1.82) is 0 Å². The Bertz CT molecular complexity index is 1300. The van der Waals surface area contributed by atoms with Crippen LogP contribution in [0.4, 0.5) is 5.82 Å². The van der Waals surface area contributed by atoms with Crippen molar-refractivity contribution in [3.8, 4) is 11.5 Å². The summed E-state index contributed by atoms with van der Waals surface area (Å²) >= 11 is 6.02. The minimum Gasteiger partial charge on any atom is -0.496 e. The van der Waals surface area contributed by atoms with Gasteiger partial charge < -0.3 is 30.2 Å². The number of hydrogen-bond donors (Lipinski definition) is 4. The topological polar surface area (TPSA) is 160 Å². The van der Waals surface area contributed by atoms with E-state index in [0.29, 0.717) is 0 Å². The Morgan fingerprint density at radius 3 is 2.31 bits per heavy atom. The van der Waals surface area contributed by atoms with E-state index in [-0.39, 0.29) is 45.5 Å². The summed E-state index contributed by atoms with van der Waals surface area (Å²) in [6.07, 6.45) is 0.899. The first-order valence-electron chi connectivity index (χ1n) is 10.1. The first kappa shape index (κ1) is 25.2. The lowest BCUT2D eigenvalue weighted by molar-refractivity contribution is -0.139. The highest BCUT2D eigenvalue weighted by Crippen LogP contribution is 2.29. The fourth-order valence-corrected chi connectivity index (χ4v) is 3.45. The Morgan fingerprint density at radius 2 is 1.71 bits per heavy atom. The molecular formula is C23H21ClN4O7. The molecule has 0 bridgehead atoms. The lowest BCUT2D eigenvalue weighted by Crippen LogP contribution is -2.42. The largest absolute Gasteiger partial charge is 0.496 e. The summed E-state index contributed by atoms with van der Waals surface area (Å²) in [6, 6.07) is 9.46. The molecule has 0 radical (unpaired) electrons. The molecule has 0 aliphatic carbocycles. The number of H-pyrrole nitrogens is 1. The van der Waals surface area contributed by atoms with Crippen LogP contribution in [0.2, 0.25) is 5.02 Å². The minimum absolute atomic E-state index is 0.0485. The number of carbonyl (C=O) groups excluding carboxylic acids is 2. The molecule has 4 N–H and O–H groups in total. The Morgan fingerprint density at radius 1 is 1.06 bits per heavy atom. The Balaban J connectivity index is 1.90. The molecule has 0 aliphatic rings. The first-order chi connectivity index (χ1) is 16.7. The van der Waals surface area contributed by atoms with Gasteiger partial charge in [-0.2, -0.15) is 4.98 Å². The number of hydrogen-bond acceptors (Lipinski definition) is 7. The number of benzene rings is 2. The first-order valence-corrected chi connectivity index (χ1v) is 10.5. The molecule has 0 aliphatic heterocycles. The number of nitrogens with one attached hydrogen (secondary N) is 3. The maximum Gasteiger partial charge on any atom is 0.346 e. The van der Waals surface area contributed by atoms with Crippen molar-refractivity contribution < 1.29 is 29.0 Å². The maximum absolute atomic E-state index is 13.0. The summed E-state index contributed by atoms with van der Waals surface area (Å²) in [5.41, 5.74) is -0.481. The number of carboxylic acid groups (broad SMARTS) is 1. The van der Waals surface area contributed by atoms with Crippen LogP contribution < -0.4 is 25.8 Å². The number of ether oxygens (including phenoxy) is 2. The SMILES string of the molecule is COc1cccc(OC)c1C(=O)Nc1nc(=O)[nH]cc1CC(NC(=O)c1ccccc1Cl)C(=O)O. The average Bonchev–Trinajstić information content (AvgIpc) is 2.84. The van der Waals surface area contributed by atoms with Crippen LogP contribution in [0.1, 0.15) is 26.3 Å². The van der Waals surface area contributed by atoms with Crippen LogP contribution in [0.5, 0.6) is 11.5 Å². The van der Waals surface area contributed by atoms with E-state index in [2.05, 4.69) is 20.6 Å². The standard InChI is InChI=1S/C23H21ClN4O7/c1-34-16-8-5-9-17(35-2)18(16)21(30)27-19-12(11-25-23(33)28-19)10-15(22(31)32)26-20(29)13-6-3-4-7-14(13)24/h3-9,11,15H,10H2,1-2H3,(H,26,29)(H,31,32)(H2,25,27,28,30,33). The second-order valence-corrected chi connectivity index (χ2v) is 7.53. The zero-order valence-electron chi connectivity index (χ0n) is 18.6. The number of rotatable bonds is 9. The molecule has 1 heterocycles. The molecule has 0 spiro atoms. The summed E-state index contributed by atoms with van der Waals surface area (Å²) in [6.45, 7) is 0. The molecule has 3 aromatic rings. The number of methoxy groups -OCH3 is 2. The molecule has 2 amide bonds. The number of carbonyl (C=O) groups is 3. The normalized spacial score (nSPS) is 11.3. The Hall–Kier alpha value is -4.38. The van der Waals surface area contributed by atoms with E-state index in [1.165, 1.54) is 32.5 Å². The van der Waals surface area contributed by atoms with Gasteiger partial charge in [-0.1, -0.05) is 29.8 Å². The number of amides is 2. The van der Waals surface area contributed by atoms with Crippen LogP contribution in [0.25, 0.3) is 0 Å². The van der Waals surface area contributed by atoms with Gasteiger partial charge in [0.25, 0.3) is 11.8 Å². The predicted octanol–water partition coefficient (Wildman–Crippen LogP) is 2.12. The highest BCUT2D eigenvalue weighted by molar-refractivity contribution is 6.33. The number of aliphatic carboxylic acids is 1. The van der Waals surface area contributed by atoms with Gasteiger partial charge in [-0.3, -0.25) is 9.59 Å². The van der Waals surface area contributed by atoms with E-state index in [1.54, 1.807) is 30.3 Å². The number of aromatic nitrogens is 2. The third-order valence-electron chi connectivity index (χ3n) is 4.92. The minimum atomic E-state index is -1.43. The fourth-order valence-electron chi connectivity index (χ4n) is 3.23. The van der Waals surface area contributed by atoms with Crippen molar-refractivity contribution in [3.63, 3.8) is 0 Å². The van der Waals surface area contributed by atoms with Crippen LogP contribution in [0, 0.1) is 0 Å². The average molecular weight is 501 g/mol. The molecule has 0 fully saturated rings. The van der Waals surface area contributed by atoms with Crippen LogP contribution in [-0.2, 0) is 11.2 Å². The van der Waals surface area contributed by atoms with Crippen molar-refractivity contribution in [2.75, 3.05) is 19.5 Å². The molecule has 11 nitrogen and oxygen atoms in total. The summed E-state index contributed by atoms with van der Waals surface area (Å²) in [4.78, 5) is 55.5. The van der Waals surface area contributed by atoms with Crippen LogP contribution >= 0.6 is 11.6 Å². The summed E-state index contributed by atoms with van der Waals surface area (Å²) < 4.78 is 10.5. The summed E-state index contributed by atoms with van der Waals surface area (Å²) in [5, 5.41) is 14.7. The molecule has 35 heavy (non-hydrogen) atoms. The molecule has 0 saturated heterocycles. The highest BCUT2D eigenvalue weighted by Gasteiger charge is 2.25. The van der Waals surface area contributed by atoms with E-state index in [4.69, 9.17) is 21.1 Å². The van der Waals surface area contributed by atoms with E-state index < -0.39 is 29.5 Å². The van der Waals surface area contributed by atoms with Gasteiger partial charge in [0, 0.05) is 18.2 Å². The Labute approximate surface area is 204 Å². The molecule has 3 rings (SSSR count). The second kappa shape index (κ2) is 11.2. The second-order valence-electron chi connectivity index (χ2n) is 7.12. The van der Waals surface area contributed by atoms with E-state index in [0.717, 1.165) is 0 Å². The lowest BCUT2D eigenvalue weighted by Gasteiger charge is -2.17. The summed E-state index contributed by atoms with van der Waals surface area (Å²) in [7, 11) is 2.75. The maximum atomic E-state index is 13.0. The van der Waals surface area contributed by atoms with Crippen molar-refractivity contribution >= 4 is 35.2 Å². The third kappa shape index (κ3) is 5.95. The van der Waals surface area contributed by atoms with Crippen molar-refractivity contribution in [2.45, 2.75) is 12.5 Å². The third-order valence-corrected chi connectivity index (χ3v) is 5.25. The fraction of sp³-hybridized carbons (Fsp3) is 0.174. The smallest absolute Gasteiger partial charge is 0.346 e. The zero-order chi connectivity index (χ0) is 25.5. The van der Waals surface area contributed by atoms with Crippen molar-refractivity contribution in [3.05, 3.63) is 80.9 Å². The van der Waals surface area contributed by atoms with E-state index in [9.17, 15) is 24.3 Å². The van der Waals surface area contributed by atoms with Gasteiger partial charge in [-0.15, -0.1) is 0 Å².